The molecular formula is C15H16FNO. The van der Waals surface area contributed by atoms with Crippen LogP contribution in [0.5, 0.6) is 5.75 Å². The number of nitrogens with two attached hydrogens (primary N) is 1. The molecule has 2 nitrogen and oxygen atoms in total. The summed E-state index contributed by atoms with van der Waals surface area (Å²) >= 11 is 0. The Morgan fingerprint density at radius 3 is 2.67 bits per heavy atom. The second kappa shape index (κ2) is 5.19. The van der Waals surface area contributed by atoms with Gasteiger partial charge in [-0.1, -0.05) is 24.3 Å². The molecule has 0 heterocycles. The molecule has 18 heavy (non-hydrogen) atoms. The summed E-state index contributed by atoms with van der Waals surface area (Å²) in [6.07, 6.45) is 0.611. The van der Waals surface area contributed by atoms with E-state index in [-0.39, 0.29) is 17.6 Å². The Hall–Kier alpha value is -1.87. The average molecular weight is 245 g/mol. The molecule has 0 amide bonds. The van der Waals surface area contributed by atoms with Gasteiger partial charge >= 0.3 is 0 Å². The molecule has 2 aromatic rings. The molecule has 0 aliphatic carbocycles. The molecule has 0 aromatic heterocycles. The summed E-state index contributed by atoms with van der Waals surface area (Å²) in [7, 11) is 0. The lowest BCUT2D eigenvalue weighted by atomic mass is 9.98. The number of rotatable bonds is 3. The second-order valence-electron chi connectivity index (χ2n) is 4.49. The highest BCUT2D eigenvalue weighted by molar-refractivity contribution is 5.31. The van der Waals surface area contributed by atoms with Crippen LogP contribution in [0.4, 0.5) is 4.39 Å². The fourth-order valence-electron chi connectivity index (χ4n) is 1.95. The molecule has 1 unspecified atom stereocenters. The van der Waals surface area contributed by atoms with Gasteiger partial charge in [-0.15, -0.1) is 0 Å². The maximum Gasteiger partial charge on any atom is 0.126 e. The van der Waals surface area contributed by atoms with Gasteiger partial charge in [-0.25, -0.2) is 4.39 Å². The quantitative estimate of drug-likeness (QED) is 0.872. The Morgan fingerprint density at radius 2 is 2.00 bits per heavy atom. The van der Waals surface area contributed by atoms with Crippen molar-refractivity contribution in [2.75, 3.05) is 0 Å². The van der Waals surface area contributed by atoms with Crippen molar-refractivity contribution in [3.8, 4) is 5.75 Å². The van der Waals surface area contributed by atoms with Crippen molar-refractivity contribution in [3.05, 3.63) is 65.0 Å². The standard InChI is InChI=1S/C15H16FNO/c1-10-7-12(5-6-14(10)16)15(17)9-11-3-2-4-13(18)8-11/h2-8,15,18H,9,17H2,1H3. The molecule has 0 saturated heterocycles. The molecule has 0 bridgehead atoms. The maximum absolute atomic E-state index is 13.2. The molecule has 0 radical (unpaired) electrons. The van der Waals surface area contributed by atoms with E-state index in [9.17, 15) is 9.50 Å². The molecule has 0 aliphatic rings. The summed E-state index contributed by atoms with van der Waals surface area (Å²) < 4.78 is 13.2. The lowest BCUT2D eigenvalue weighted by Crippen LogP contribution is -2.13. The van der Waals surface area contributed by atoms with Crippen molar-refractivity contribution in [1.82, 2.24) is 0 Å². The zero-order valence-electron chi connectivity index (χ0n) is 10.2. The van der Waals surface area contributed by atoms with Gasteiger partial charge in [0.05, 0.1) is 0 Å². The van der Waals surface area contributed by atoms with Gasteiger partial charge in [-0.3, -0.25) is 0 Å². The molecule has 3 heteroatoms. The van der Waals surface area contributed by atoms with Gasteiger partial charge in [0.2, 0.25) is 0 Å². The lowest BCUT2D eigenvalue weighted by molar-refractivity contribution is 0.474. The molecule has 0 aliphatic heterocycles. The van der Waals surface area contributed by atoms with Gasteiger partial charge in [-0.2, -0.15) is 0 Å². The minimum Gasteiger partial charge on any atom is -0.508 e. The van der Waals surface area contributed by atoms with E-state index in [1.54, 1.807) is 37.3 Å². The van der Waals surface area contributed by atoms with E-state index >= 15 is 0 Å². The number of hydrogen-bond acceptors (Lipinski definition) is 2. The van der Waals surface area contributed by atoms with Crippen LogP contribution < -0.4 is 5.73 Å². The maximum atomic E-state index is 13.2. The van der Waals surface area contributed by atoms with Crippen molar-refractivity contribution >= 4 is 0 Å². The van der Waals surface area contributed by atoms with E-state index in [4.69, 9.17) is 5.73 Å². The number of hydrogen-bond donors (Lipinski definition) is 2. The SMILES string of the molecule is Cc1cc(C(N)Cc2cccc(O)c2)ccc1F. The van der Waals surface area contributed by atoms with Crippen LogP contribution in [-0.2, 0) is 6.42 Å². The highest BCUT2D eigenvalue weighted by Gasteiger charge is 2.09. The Bertz CT molecular complexity index is 554. The Morgan fingerprint density at radius 1 is 1.22 bits per heavy atom. The van der Waals surface area contributed by atoms with Gasteiger partial charge in [0.1, 0.15) is 11.6 Å². The molecule has 94 valence electrons. The van der Waals surface area contributed by atoms with Crippen LogP contribution in [0.25, 0.3) is 0 Å². The summed E-state index contributed by atoms with van der Waals surface area (Å²) in [6.45, 7) is 1.72. The Balaban J connectivity index is 2.16. The van der Waals surface area contributed by atoms with E-state index in [1.807, 2.05) is 6.07 Å². The van der Waals surface area contributed by atoms with Gasteiger partial charge in [0.25, 0.3) is 0 Å². The molecule has 3 N–H and O–H groups in total. The second-order valence-corrected chi connectivity index (χ2v) is 4.49. The lowest BCUT2D eigenvalue weighted by Gasteiger charge is -2.13. The average Bonchev–Trinajstić information content (AvgIpc) is 2.32. The summed E-state index contributed by atoms with van der Waals surface area (Å²) in [4.78, 5) is 0. The van der Waals surface area contributed by atoms with Crippen molar-refractivity contribution in [3.63, 3.8) is 0 Å². The number of benzene rings is 2. The predicted octanol–water partition coefficient (Wildman–Crippen LogP) is 3.08. The number of phenols is 1. The van der Waals surface area contributed by atoms with E-state index in [2.05, 4.69) is 0 Å². The molecule has 0 saturated carbocycles. The summed E-state index contributed by atoms with van der Waals surface area (Å²) in [5, 5.41) is 9.39. The van der Waals surface area contributed by atoms with Crippen LogP contribution in [0, 0.1) is 12.7 Å². The van der Waals surface area contributed by atoms with Crippen LogP contribution in [0.2, 0.25) is 0 Å². The minimum atomic E-state index is -0.219. The van der Waals surface area contributed by atoms with Crippen molar-refractivity contribution in [1.29, 1.82) is 0 Å². The van der Waals surface area contributed by atoms with Crippen LogP contribution in [0.3, 0.4) is 0 Å². The van der Waals surface area contributed by atoms with Gasteiger partial charge < -0.3 is 10.8 Å². The molecule has 0 spiro atoms. The number of aromatic hydroxyl groups is 1. The zero-order valence-corrected chi connectivity index (χ0v) is 10.2. The van der Waals surface area contributed by atoms with E-state index in [0.29, 0.717) is 12.0 Å². The molecule has 2 aromatic carbocycles. The third kappa shape index (κ3) is 2.87. The monoisotopic (exact) mass is 245 g/mol. The number of aryl methyl sites for hydroxylation is 1. The van der Waals surface area contributed by atoms with Gasteiger partial charge in [0, 0.05) is 6.04 Å². The first-order valence-corrected chi connectivity index (χ1v) is 5.86. The first kappa shape index (κ1) is 12.6. The normalized spacial score (nSPS) is 12.4. The van der Waals surface area contributed by atoms with E-state index < -0.39 is 0 Å². The van der Waals surface area contributed by atoms with Crippen LogP contribution >= 0.6 is 0 Å². The van der Waals surface area contributed by atoms with Crippen molar-refractivity contribution in [2.24, 2.45) is 5.73 Å². The van der Waals surface area contributed by atoms with E-state index in [1.165, 1.54) is 6.07 Å². The molecule has 0 fully saturated rings. The van der Waals surface area contributed by atoms with Crippen LogP contribution in [0.1, 0.15) is 22.7 Å². The summed E-state index contributed by atoms with van der Waals surface area (Å²) in [6, 6.07) is 11.7. The number of phenolic OH excluding ortho intramolecular Hbond substituents is 1. The van der Waals surface area contributed by atoms with Crippen molar-refractivity contribution < 1.29 is 9.50 Å². The molecule has 1 atom stereocenters. The highest BCUT2D eigenvalue weighted by atomic mass is 19.1. The van der Waals surface area contributed by atoms with E-state index in [0.717, 1.165) is 11.1 Å². The smallest absolute Gasteiger partial charge is 0.126 e. The summed E-state index contributed by atoms with van der Waals surface area (Å²) in [5.74, 6) is 0.0123. The first-order chi connectivity index (χ1) is 8.56. The number of halogens is 1. The largest absolute Gasteiger partial charge is 0.508 e. The first-order valence-electron chi connectivity index (χ1n) is 5.86. The molecular weight excluding hydrogens is 229 g/mol. The van der Waals surface area contributed by atoms with Gasteiger partial charge in [-0.05, 0) is 48.2 Å². The van der Waals surface area contributed by atoms with Crippen molar-refractivity contribution in [2.45, 2.75) is 19.4 Å². The van der Waals surface area contributed by atoms with Gasteiger partial charge in [0.15, 0.2) is 0 Å². The zero-order chi connectivity index (χ0) is 13.1. The Kier molecular flexibility index (Phi) is 3.63. The third-order valence-corrected chi connectivity index (χ3v) is 2.98. The molecule has 2 rings (SSSR count). The van der Waals surface area contributed by atoms with Crippen LogP contribution in [0.15, 0.2) is 42.5 Å². The Labute approximate surface area is 106 Å². The fraction of sp³-hybridized carbons (Fsp3) is 0.200. The summed E-state index contributed by atoms with van der Waals surface area (Å²) in [5.41, 5.74) is 8.55. The topological polar surface area (TPSA) is 46.2 Å². The highest BCUT2D eigenvalue weighted by Crippen LogP contribution is 2.20. The minimum absolute atomic E-state index is 0.203. The fourth-order valence-corrected chi connectivity index (χ4v) is 1.95. The predicted molar refractivity (Wildman–Crippen MR) is 69.9 cm³/mol. The van der Waals surface area contributed by atoms with Crippen LogP contribution in [-0.4, -0.2) is 5.11 Å². The third-order valence-electron chi connectivity index (χ3n) is 2.98.